The summed E-state index contributed by atoms with van der Waals surface area (Å²) in [6.07, 6.45) is 0. The SMILES string of the molecule is Cc1cc([N+](=O)[O-])c(S(=O)(=O)N(C)C(C)CO)cc1C. The van der Waals surface area contributed by atoms with Crippen LogP contribution < -0.4 is 0 Å². The molecule has 0 aliphatic heterocycles. The van der Waals surface area contributed by atoms with Crippen LogP contribution in [0.15, 0.2) is 17.0 Å². The van der Waals surface area contributed by atoms with Crippen LogP contribution in [-0.4, -0.2) is 42.4 Å². The maximum absolute atomic E-state index is 12.4. The van der Waals surface area contributed by atoms with Gasteiger partial charge in [-0.2, -0.15) is 4.31 Å². The number of likely N-dealkylation sites (N-methyl/N-ethyl adjacent to an activating group) is 1. The summed E-state index contributed by atoms with van der Waals surface area (Å²) >= 11 is 0. The first-order valence-electron chi connectivity index (χ1n) is 5.97. The maximum atomic E-state index is 12.4. The van der Waals surface area contributed by atoms with Crippen LogP contribution in [0.2, 0.25) is 0 Å². The number of hydrogen-bond acceptors (Lipinski definition) is 5. The van der Waals surface area contributed by atoms with Gasteiger partial charge >= 0.3 is 0 Å². The van der Waals surface area contributed by atoms with E-state index in [1.165, 1.54) is 26.1 Å². The summed E-state index contributed by atoms with van der Waals surface area (Å²) < 4.78 is 25.8. The average molecular weight is 302 g/mol. The second-order valence-corrected chi connectivity index (χ2v) is 6.68. The Hall–Kier alpha value is -1.51. The number of nitro groups is 1. The van der Waals surface area contributed by atoms with Crippen LogP contribution in [0, 0.1) is 24.0 Å². The van der Waals surface area contributed by atoms with Gasteiger partial charge in [-0.25, -0.2) is 8.42 Å². The maximum Gasteiger partial charge on any atom is 0.289 e. The van der Waals surface area contributed by atoms with Crippen molar-refractivity contribution < 1.29 is 18.4 Å². The molecule has 0 aromatic heterocycles. The van der Waals surface area contributed by atoms with Crippen LogP contribution >= 0.6 is 0 Å². The number of aryl methyl sites for hydroxylation is 2. The Kier molecular flexibility index (Phi) is 4.85. The Labute approximate surface area is 118 Å². The molecule has 1 atom stereocenters. The fourth-order valence-electron chi connectivity index (χ4n) is 1.63. The van der Waals surface area contributed by atoms with Crippen LogP contribution in [0.4, 0.5) is 5.69 Å². The van der Waals surface area contributed by atoms with E-state index in [-0.39, 0.29) is 11.5 Å². The Balaban J connectivity index is 3.53. The number of aliphatic hydroxyl groups excluding tert-OH is 1. The number of hydrogen-bond donors (Lipinski definition) is 1. The Morgan fingerprint density at radius 2 is 1.85 bits per heavy atom. The summed E-state index contributed by atoms with van der Waals surface area (Å²) in [6.45, 7) is 4.52. The predicted octanol–water partition coefficient (Wildman–Crippen LogP) is 1.21. The normalized spacial score (nSPS) is 13.5. The van der Waals surface area contributed by atoms with Gasteiger partial charge in [0.05, 0.1) is 11.5 Å². The summed E-state index contributed by atoms with van der Waals surface area (Å²) in [5.41, 5.74) is 0.845. The van der Waals surface area contributed by atoms with Gasteiger partial charge in [0, 0.05) is 19.2 Å². The molecular formula is C12H18N2O5S. The van der Waals surface area contributed by atoms with Crippen molar-refractivity contribution in [1.29, 1.82) is 0 Å². The largest absolute Gasteiger partial charge is 0.395 e. The molecule has 7 nitrogen and oxygen atoms in total. The lowest BCUT2D eigenvalue weighted by atomic mass is 10.1. The molecule has 0 amide bonds. The summed E-state index contributed by atoms with van der Waals surface area (Å²) in [6, 6.07) is 1.88. The van der Waals surface area contributed by atoms with E-state index in [9.17, 15) is 18.5 Å². The minimum Gasteiger partial charge on any atom is -0.395 e. The third-order valence-corrected chi connectivity index (χ3v) is 5.31. The molecule has 1 unspecified atom stereocenters. The summed E-state index contributed by atoms with van der Waals surface area (Å²) in [5, 5.41) is 20.1. The Bertz CT molecular complexity index is 627. The predicted molar refractivity (Wildman–Crippen MR) is 74.1 cm³/mol. The van der Waals surface area contributed by atoms with Gasteiger partial charge in [0.1, 0.15) is 0 Å². The highest BCUT2D eigenvalue weighted by Gasteiger charge is 2.32. The van der Waals surface area contributed by atoms with Crippen LogP contribution in [0.5, 0.6) is 0 Å². The third kappa shape index (κ3) is 2.97. The van der Waals surface area contributed by atoms with Crippen molar-refractivity contribution in [2.75, 3.05) is 13.7 Å². The molecule has 0 radical (unpaired) electrons. The second kappa shape index (κ2) is 5.86. The van der Waals surface area contributed by atoms with Gasteiger partial charge in [-0.05, 0) is 38.0 Å². The fourth-order valence-corrected chi connectivity index (χ4v) is 3.20. The second-order valence-electron chi connectivity index (χ2n) is 4.71. The monoisotopic (exact) mass is 302 g/mol. The summed E-state index contributed by atoms with van der Waals surface area (Å²) in [7, 11) is -2.75. The van der Waals surface area contributed by atoms with Crippen molar-refractivity contribution in [2.24, 2.45) is 0 Å². The summed E-state index contributed by atoms with van der Waals surface area (Å²) in [4.78, 5) is 10.0. The van der Waals surface area contributed by atoms with Crippen molar-refractivity contribution in [3.05, 3.63) is 33.4 Å². The number of rotatable bonds is 5. The molecule has 0 spiro atoms. The van der Waals surface area contributed by atoms with Gasteiger partial charge in [0.2, 0.25) is 10.0 Å². The number of benzene rings is 1. The molecule has 0 bridgehead atoms. The van der Waals surface area contributed by atoms with Crippen LogP contribution in [0.25, 0.3) is 0 Å². The van der Waals surface area contributed by atoms with Crippen molar-refractivity contribution in [3.8, 4) is 0 Å². The van der Waals surface area contributed by atoms with Crippen LogP contribution in [0.1, 0.15) is 18.1 Å². The lowest BCUT2D eigenvalue weighted by molar-refractivity contribution is -0.387. The number of nitrogens with zero attached hydrogens (tertiary/aromatic N) is 2. The van der Waals surface area contributed by atoms with E-state index in [1.54, 1.807) is 13.8 Å². The van der Waals surface area contributed by atoms with Gasteiger partial charge in [0.15, 0.2) is 4.90 Å². The highest BCUT2D eigenvalue weighted by molar-refractivity contribution is 7.89. The third-order valence-electron chi connectivity index (χ3n) is 3.31. The molecule has 0 aliphatic carbocycles. The Morgan fingerprint density at radius 3 is 2.30 bits per heavy atom. The van der Waals surface area contributed by atoms with E-state index >= 15 is 0 Å². The molecule has 20 heavy (non-hydrogen) atoms. The smallest absolute Gasteiger partial charge is 0.289 e. The van der Waals surface area contributed by atoms with Crippen molar-refractivity contribution in [2.45, 2.75) is 31.7 Å². The van der Waals surface area contributed by atoms with E-state index < -0.39 is 26.7 Å². The molecular weight excluding hydrogens is 284 g/mol. The van der Waals surface area contributed by atoms with Crippen LogP contribution in [0.3, 0.4) is 0 Å². The topological polar surface area (TPSA) is 101 Å². The van der Waals surface area contributed by atoms with E-state index in [0.29, 0.717) is 11.1 Å². The van der Waals surface area contributed by atoms with Gasteiger partial charge < -0.3 is 5.11 Å². The zero-order chi connectivity index (χ0) is 15.7. The number of sulfonamides is 1. The molecule has 0 aliphatic rings. The minimum atomic E-state index is -4.03. The Morgan fingerprint density at radius 1 is 1.35 bits per heavy atom. The standard InChI is InChI=1S/C12H18N2O5S/c1-8-5-11(14(16)17)12(6-9(8)2)20(18,19)13(4)10(3)7-15/h5-6,10,15H,7H2,1-4H3. The molecule has 112 valence electrons. The van der Waals surface area contributed by atoms with Crippen LogP contribution in [-0.2, 0) is 10.0 Å². The molecule has 0 saturated carbocycles. The van der Waals surface area contributed by atoms with Gasteiger partial charge in [-0.3, -0.25) is 10.1 Å². The quantitative estimate of drug-likeness (QED) is 0.651. The first-order chi connectivity index (χ1) is 9.12. The molecule has 0 heterocycles. The summed E-state index contributed by atoms with van der Waals surface area (Å²) in [5.74, 6) is 0. The van der Waals surface area contributed by atoms with E-state index in [1.807, 2.05) is 0 Å². The minimum absolute atomic E-state index is 0.353. The van der Waals surface area contributed by atoms with E-state index in [2.05, 4.69) is 0 Å². The first-order valence-corrected chi connectivity index (χ1v) is 7.41. The number of nitro benzene ring substituents is 1. The number of aliphatic hydroxyl groups is 1. The highest BCUT2D eigenvalue weighted by atomic mass is 32.2. The van der Waals surface area contributed by atoms with Crippen molar-refractivity contribution in [3.63, 3.8) is 0 Å². The molecule has 1 rings (SSSR count). The molecule has 1 N–H and O–H groups in total. The lowest BCUT2D eigenvalue weighted by Crippen LogP contribution is -2.37. The van der Waals surface area contributed by atoms with Crippen molar-refractivity contribution in [1.82, 2.24) is 4.31 Å². The first kappa shape index (κ1) is 16.5. The van der Waals surface area contributed by atoms with E-state index in [0.717, 1.165) is 4.31 Å². The molecule has 0 fully saturated rings. The molecule has 1 aromatic rings. The molecule has 1 aromatic carbocycles. The van der Waals surface area contributed by atoms with Gasteiger partial charge in [-0.15, -0.1) is 0 Å². The molecule has 8 heteroatoms. The zero-order valence-corrected chi connectivity index (χ0v) is 12.6. The van der Waals surface area contributed by atoms with E-state index in [4.69, 9.17) is 5.11 Å². The zero-order valence-electron chi connectivity index (χ0n) is 11.8. The van der Waals surface area contributed by atoms with Gasteiger partial charge in [-0.1, -0.05) is 0 Å². The fraction of sp³-hybridized carbons (Fsp3) is 0.500. The highest BCUT2D eigenvalue weighted by Crippen LogP contribution is 2.29. The molecule has 0 saturated heterocycles. The average Bonchev–Trinajstić information content (AvgIpc) is 2.38. The lowest BCUT2D eigenvalue weighted by Gasteiger charge is -2.22. The van der Waals surface area contributed by atoms with Crippen molar-refractivity contribution >= 4 is 15.7 Å². The van der Waals surface area contributed by atoms with Gasteiger partial charge in [0.25, 0.3) is 5.69 Å².